The molecular weight excluding hydrogens is 440 g/mol. The zero-order chi connectivity index (χ0) is 23.5. The summed E-state index contributed by atoms with van der Waals surface area (Å²) in [5.74, 6) is -1.31. The summed E-state index contributed by atoms with van der Waals surface area (Å²) >= 11 is 5.89. The van der Waals surface area contributed by atoms with Gasteiger partial charge in [-0.1, -0.05) is 66.2 Å². The minimum atomic E-state index is -0.584. The molecule has 3 rings (SSSR count). The number of allylic oxidation sites excluding steroid dienone is 2. The molecular formula is C26H29ClN2O4. The molecule has 0 radical (unpaired) electrons. The third-order valence-electron chi connectivity index (χ3n) is 5.41. The van der Waals surface area contributed by atoms with Gasteiger partial charge in [-0.05, 0) is 42.5 Å². The van der Waals surface area contributed by atoms with E-state index in [1.165, 1.54) is 0 Å². The molecule has 1 aliphatic rings. The maximum atomic E-state index is 12.8. The third kappa shape index (κ3) is 8.73. The number of ether oxygens (including phenoxy) is 1. The summed E-state index contributed by atoms with van der Waals surface area (Å²) in [5, 5.41) is 6.45. The molecule has 2 aromatic carbocycles. The van der Waals surface area contributed by atoms with E-state index in [9.17, 15) is 14.4 Å². The fourth-order valence-electron chi connectivity index (χ4n) is 3.61. The van der Waals surface area contributed by atoms with E-state index < -0.39 is 11.9 Å². The highest BCUT2D eigenvalue weighted by molar-refractivity contribution is 6.30. The van der Waals surface area contributed by atoms with Crippen LogP contribution in [0.1, 0.15) is 36.8 Å². The number of carbonyl (C=O) groups is 3. The van der Waals surface area contributed by atoms with Gasteiger partial charge in [0.1, 0.15) is 6.61 Å². The van der Waals surface area contributed by atoms with Gasteiger partial charge in [-0.2, -0.15) is 0 Å². The molecule has 0 unspecified atom stereocenters. The number of cyclic esters (lactones) is 1. The van der Waals surface area contributed by atoms with Gasteiger partial charge in [0.2, 0.25) is 11.8 Å². The number of hydrogen-bond acceptors (Lipinski definition) is 4. The monoisotopic (exact) mass is 468 g/mol. The first-order valence-corrected chi connectivity index (χ1v) is 11.5. The van der Waals surface area contributed by atoms with Gasteiger partial charge in [-0.3, -0.25) is 14.4 Å². The minimum Gasteiger partial charge on any atom is -0.463 e. The van der Waals surface area contributed by atoms with Crippen LogP contribution in [0.4, 0.5) is 0 Å². The highest BCUT2D eigenvalue weighted by Gasteiger charge is 2.24. The highest BCUT2D eigenvalue weighted by Crippen LogP contribution is 2.15. The van der Waals surface area contributed by atoms with Crippen LogP contribution >= 0.6 is 11.6 Å². The number of hydrogen-bond donors (Lipinski definition) is 2. The first-order valence-electron chi connectivity index (χ1n) is 11.2. The summed E-state index contributed by atoms with van der Waals surface area (Å²) in [5.41, 5.74) is 1.97. The predicted molar refractivity (Wildman–Crippen MR) is 127 cm³/mol. The molecule has 0 aliphatic carbocycles. The molecule has 0 aromatic heterocycles. The molecule has 2 N–H and O–H groups in total. The molecule has 1 aliphatic heterocycles. The molecule has 0 fully saturated rings. The summed E-state index contributed by atoms with van der Waals surface area (Å²) in [6, 6.07) is 16.6. The van der Waals surface area contributed by atoms with Gasteiger partial charge in [0.05, 0.1) is 12.0 Å². The first-order chi connectivity index (χ1) is 16.0. The average molecular weight is 469 g/mol. The van der Waals surface area contributed by atoms with Crippen molar-refractivity contribution in [2.24, 2.45) is 5.92 Å². The molecule has 0 saturated carbocycles. The van der Waals surface area contributed by atoms with Crippen LogP contribution < -0.4 is 10.6 Å². The Bertz CT molecular complexity index is 960. The zero-order valence-corrected chi connectivity index (χ0v) is 19.2. The number of rotatable bonds is 6. The molecule has 2 aromatic rings. The van der Waals surface area contributed by atoms with Crippen molar-refractivity contribution in [1.29, 1.82) is 0 Å². The largest absolute Gasteiger partial charge is 0.463 e. The van der Waals surface area contributed by atoms with Gasteiger partial charge >= 0.3 is 5.97 Å². The minimum absolute atomic E-state index is 0.0342. The first kappa shape index (κ1) is 24.5. The average Bonchev–Trinajstić information content (AvgIpc) is 2.81. The van der Waals surface area contributed by atoms with Gasteiger partial charge in [-0.25, -0.2) is 0 Å². The standard InChI is InChI=1S/C26H29ClN2O4/c27-22-13-11-20(12-14-22)17-28-25(31)16-21-9-5-2-6-10-24(30)29-23(18-33-26(21)32)15-19-7-3-1-4-8-19/h1-5,7-8,11-14,21,23H,6,9-10,15-18H2,(H,28,31)(H,29,30)/b5-2-/t21-,23+/m0/s1. The van der Waals surface area contributed by atoms with E-state index in [0.717, 1.165) is 11.1 Å². The van der Waals surface area contributed by atoms with Crippen LogP contribution in [0.2, 0.25) is 5.02 Å². The Kier molecular flexibility index (Phi) is 9.51. The topological polar surface area (TPSA) is 84.5 Å². The van der Waals surface area contributed by atoms with Crippen LogP contribution in [-0.2, 0) is 32.1 Å². The number of esters is 1. The Morgan fingerprint density at radius 1 is 1.03 bits per heavy atom. The van der Waals surface area contributed by atoms with Crippen LogP contribution in [0.5, 0.6) is 0 Å². The van der Waals surface area contributed by atoms with Crippen molar-refractivity contribution in [3.8, 4) is 0 Å². The van der Waals surface area contributed by atoms with E-state index in [0.29, 0.717) is 37.3 Å². The molecule has 2 amide bonds. The zero-order valence-electron chi connectivity index (χ0n) is 18.5. The van der Waals surface area contributed by atoms with Gasteiger partial charge < -0.3 is 15.4 Å². The van der Waals surface area contributed by atoms with Gasteiger partial charge in [0.25, 0.3) is 0 Å². The maximum Gasteiger partial charge on any atom is 0.309 e. The number of halogens is 1. The smallest absolute Gasteiger partial charge is 0.309 e. The van der Waals surface area contributed by atoms with Gasteiger partial charge in [0.15, 0.2) is 0 Å². The van der Waals surface area contributed by atoms with Crippen LogP contribution in [0.15, 0.2) is 66.7 Å². The van der Waals surface area contributed by atoms with Crippen molar-refractivity contribution in [1.82, 2.24) is 10.6 Å². The quantitative estimate of drug-likeness (QED) is 0.496. The van der Waals surface area contributed by atoms with Crippen molar-refractivity contribution < 1.29 is 19.1 Å². The highest BCUT2D eigenvalue weighted by atomic mass is 35.5. The van der Waals surface area contributed by atoms with Crippen LogP contribution in [0.25, 0.3) is 0 Å². The molecule has 174 valence electrons. The Hall–Kier alpha value is -3.12. The molecule has 2 atom stereocenters. The lowest BCUT2D eigenvalue weighted by Crippen LogP contribution is -2.41. The molecule has 0 saturated heterocycles. The van der Waals surface area contributed by atoms with Gasteiger partial charge in [0, 0.05) is 24.4 Å². The molecule has 0 spiro atoms. The van der Waals surface area contributed by atoms with E-state index in [1.54, 1.807) is 12.1 Å². The van der Waals surface area contributed by atoms with E-state index in [2.05, 4.69) is 10.6 Å². The van der Waals surface area contributed by atoms with Crippen molar-refractivity contribution in [2.75, 3.05) is 6.61 Å². The molecule has 1 heterocycles. The number of nitrogens with one attached hydrogen (secondary N) is 2. The summed E-state index contributed by atoms with van der Waals surface area (Å²) in [6.07, 6.45) is 5.64. The summed E-state index contributed by atoms with van der Waals surface area (Å²) in [6.45, 7) is 0.421. The Morgan fingerprint density at radius 3 is 2.55 bits per heavy atom. The predicted octanol–water partition coefficient (Wildman–Crippen LogP) is 3.97. The Morgan fingerprint density at radius 2 is 1.79 bits per heavy atom. The third-order valence-corrected chi connectivity index (χ3v) is 5.66. The van der Waals surface area contributed by atoms with Crippen molar-refractivity contribution in [2.45, 2.75) is 44.7 Å². The van der Waals surface area contributed by atoms with E-state index >= 15 is 0 Å². The summed E-state index contributed by atoms with van der Waals surface area (Å²) < 4.78 is 5.56. The number of benzene rings is 2. The van der Waals surface area contributed by atoms with E-state index in [1.807, 2.05) is 54.6 Å². The maximum absolute atomic E-state index is 12.8. The van der Waals surface area contributed by atoms with Crippen molar-refractivity contribution in [3.63, 3.8) is 0 Å². The van der Waals surface area contributed by atoms with E-state index in [-0.39, 0.29) is 30.9 Å². The lowest BCUT2D eigenvalue weighted by atomic mass is 9.99. The second-order valence-electron chi connectivity index (χ2n) is 8.13. The summed E-state index contributed by atoms with van der Waals surface area (Å²) in [7, 11) is 0. The number of amides is 2. The molecule has 33 heavy (non-hydrogen) atoms. The fraction of sp³-hybridized carbons (Fsp3) is 0.346. The van der Waals surface area contributed by atoms with Crippen LogP contribution in [-0.4, -0.2) is 30.4 Å². The normalized spacial score (nSPS) is 20.5. The number of carbonyl (C=O) groups excluding carboxylic acids is 3. The SMILES string of the molecule is O=C(C[C@@H]1C/C=C\CCC(=O)N[C@H](Cc2ccccc2)COC1=O)NCc1ccc(Cl)cc1. The Labute approximate surface area is 199 Å². The fourth-order valence-corrected chi connectivity index (χ4v) is 3.73. The lowest BCUT2D eigenvalue weighted by molar-refractivity contribution is -0.151. The second-order valence-corrected chi connectivity index (χ2v) is 8.57. The molecule has 0 bridgehead atoms. The Balaban J connectivity index is 1.59. The van der Waals surface area contributed by atoms with Crippen molar-refractivity contribution in [3.05, 3.63) is 82.9 Å². The van der Waals surface area contributed by atoms with E-state index in [4.69, 9.17) is 16.3 Å². The second kappa shape index (κ2) is 12.8. The van der Waals surface area contributed by atoms with Crippen LogP contribution in [0.3, 0.4) is 0 Å². The van der Waals surface area contributed by atoms with Crippen molar-refractivity contribution >= 4 is 29.4 Å². The lowest BCUT2D eigenvalue weighted by Gasteiger charge is -2.21. The molecule has 6 nitrogen and oxygen atoms in total. The molecule has 7 heteroatoms. The van der Waals surface area contributed by atoms with Crippen LogP contribution in [0, 0.1) is 5.92 Å². The summed E-state index contributed by atoms with van der Waals surface area (Å²) in [4.78, 5) is 37.5. The van der Waals surface area contributed by atoms with Gasteiger partial charge in [-0.15, -0.1) is 0 Å².